The van der Waals surface area contributed by atoms with Crippen LogP contribution in [0, 0.1) is 0 Å². The molecule has 17 heavy (non-hydrogen) atoms. The normalized spacial score (nSPS) is 21.8. The van der Waals surface area contributed by atoms with Gasteiger partial charge in [-0.3, -0.25) is 0 Å². The molecule has 1 fully saturated rings. The van der Waals surface area contributed by atoms with Crippen LogP contribution in [0.25, 0.3) is 0 Å². The quantitative estimate of drug-likeness (QED) is 0.657. The second-order valence-corrected chi connectivity index (χ2v) is 5.37. The Kier molecular flexibility index (Phi) is 2.87. The highest BCUT2D eigenvalue weighted by atomic mass is 15.2. The molecule has 0 unspecified atom stereocenters. The van der Waals surface area contributed by atoms with Crippen molar-refractivity contribution >= 4 is 19.0 Å². The van der Waals surface area contributed by atoms with Gasteiger partial charge in [0.2, 0.25) is 0 Å². The molecule has 2 radical (unpaired) electrons. The van der Waals surface area contributed by atoms with Crippen molar-refractivity contribution in [3.05, 3.63) is 23.8 Å². The predicted molar refractivity (Wildman–Crippen MR) is 73.4 cm³/mol. The summed E-state index contributed by atoms with van der Waals surface area (Å²) in [6.07, 6.45) is 3.74. The third-order valence-corrected chi connectivity index (χ3v) is 4.16. The summed E-state index contributed by atoms with van der Waals surface area (Å²) in [7, 11) is 8.06. The van der Waals surface area contributed by atoms with Gasteiger partial charge in [0, 0.05) is 18.3 Å². The number of likely N-dealkylation sites (tertiary alicyclic amines) is 1. The number of hydrogen-bond acceptors (Lipinski definition) is 2. The third kappa shape index (κ3) is 2.08. The highest BCUT2D eigenvalue weighted by molar-refractivity contribution is 6.32. The lowest BCUT2D eigenvalue weighted by Crippen LogP contribution is -2.43. The zero-order valence-corrected chi connectivity index (χ0v) is 10.5. The molecule has 3 rings (SSSR count). The van der Waals surface area contributed by atoms with Gasteiger partial charge in [-0.05, 0) is 51.0 Å². The fraction of sp³-hybridized carbons (Fsp3) is 0.571. The van der Waals surface area contributed by atoms with E-state index in [2.05, 4.69) is 29.0 Å². The van der Waals surface area contributed by atoms with Crippen molar-refractivity contribution in [2.24, 2.45) is 0 Å². The minimum Gasteiger partial charge on any atom is -0.368 e. The van der Waals surface area contributed by atoms with E-state index in [0.717, 1.165) is 17.9 Å². The van der Waals surface area contributed by atoms with Crippen molar-refractivity contribution in [2.45, 2.75) is 25.3 Å². The third-order valence-electron chi connectivity index (χ3n) is 4.16. The molecule has 1 aromatic rings. The zero-order valence-electron chi connectivity index (χ0n) is 10.5. The van der Waals surface area contributed by atoms with E-state index in [9.17, 15) is 0 Å². The highest BCUT2D eigenvalue weighted by Gasteiger charge is 2.28. The average Bonchev–Trinajstić information content (AvgIpc) is 2.73. The topological polar surface area (TPSA) is 6.48 Å². The fourth-order valence-corrected chi connectivity index (χ4v) is 3.13. The first-order valence-electron chi connectivity index (χ1n) is 6.57. The molecule has 2 aliphatic rings. The molecule has 0 aliphatic carbocycles. The zero-order chi connectivity index (χ0) is 11.8. The number of piperidine rings is 1. The molecular formula is C14H19BN2. The molecule has 2 nitrogen and oxygen atoms in total. The van der Waals surface area contributed by atoms with Crippen molar-refractivity contribution in [1.82, 2.24) is 4.90 Å². The Morgan fingerprint density at radius 3 is 2.71 bits per heavy atom. The van der Waals surface area contributed by atoms with Crippen LogP contribution >= 0.6 is 0 Å². The van der Waals surface area contributed by atoms with Crippen LogP contribution < -0.4 is 10.4 Å². The summed E-state index contributed by atoms with van der Waals surface area (Å²) >= 11 is 0. The summed E-state index contributed by atoms with van der Waals surface area (Å²) in [5, 5.41) is 0. The smallest absolute Gasteiger partial charge is 0.113 e. The Labute approximate surface area is 105 Å². The van der Waals surface area contributed by atoms with E-state index in [1.165, 1.54) is 43.7 Å². The van der Waals surface area contributed by atoms with Crippen LogP contribution in [0.5, 0.6) is 0 Å². The summed E-state index contributed by atoms with van der Waals surface area (Å²) < 4.78 is 0. The van der Waals surface area contributed by atoms with Gasteiger partial charge in [-0.25, -0.2) is 0 Å². The van der Waals surface area contributed by atoms with Crippen LogP contribution in [0.15, 0.2) is 18.2 Å². The lowest BCUT2D eigenvalue weighted by atomic mass is 9.93. The first-order chi connectivity index (χ1) is 8.24. The van der Waals surface area contributed by atoms with Gasteiger partial charge < -0.3 is 9.80 Å². The Balaban J connectivity index is 1.79. The molecule has 1 saturated heterocycles. The van der Waals surface area contributed by atoms with E-state index < -0.39 is 0 Å². The summed E-state index contributed by atoms with van der Waals surface area (Å²) in [4.78, 5) is 5.03. The minimum absolute atomic E-state index is 0.732. The first kappa shape index (κ1) is 11.2. The molecule has 0 saturated carbocycles. The number of fused-ring (bicyclic) bond motifs is 1. The van der Waals surface area contributed by atoms with Crippen LogP contribution in [0.2, 0.25) is 0 Å². The summed E-state index contributed by atoms with van der Waals surface area (Å²) in [5.41, 5.74) is 3.76. The minimum atomic E-state index is 0.732. The van der Waals surface area contributed by atoms with Crippen molar-refractivity contribution in [1.29, 1.82) is 0 Å². The van der Waals surface area contributed by atoms with Crippen LogP contribution in [-0.4, -0.2) is 45.5 Å². The Morgan fingerprint density at radius 2 is 1.94 bits per heavy atom. The predicted octanol–water partition coefficient (Wildman–Crippen LogP) is 0.937. The van der Waals surface area contributed by atoms with Crippen LogP contribution in [0.3, 0.4) is 0 Å². The molecule has 3 heteroatoms. The van der Waals surface area contributed by atoms with E-state index >= 15 is 0 Å². The van der Waals surface area contributed by atoms with E-state index in [1.54, 1.807) is 0 Å². The second kappa shape index (κ2) is 4.38. The lowest BCUT2D eigenvalue weighted by Gasteiger charge is -2.36. The molecule has 0 atom stereocenters. The van der Waals surface area contributed by atoms with E-state index in [0.29, 0.717) is 0 Å². The summed E-state index contributed by atoms with van der Waals surface area (Å²) in [5.74, 6) is 0. The van der Waals surface area contributed by atoms with E-state index in [-0.39, 0.29) is 0 Å². The van der Waals surface area contributed by atoms with E-state index in [4.69, 9.17) is 7.85 Å². The maximum Gasteiger partial charge on any atom is 0.113 e. The maximum absolute atomic E-state index is 5.85. The molecule has 1 aromatic carbocycles. The molecule has 0 amide bonds. The van der Waals surface area contributed by atoms with Crippen LogP contribution in [0.4, 0.5) is 5.69 Å². The molecule has 0 spiro atoms. The van der Waals surface area contributed by atoms with Crippen molar-refractivity contribution in [2.75, 3.05) is 31.6 Å². The number of rotatable bonds is 1. The molecule has 0 bridgehead atoms. The van der Waals surface area contributed by atoms with Crippen LogP contribution in [0.1, 0.15) is 18.4 Å². The van der Waals surface area contributed by atoms with Gasteiger partial charge in [0.05, 0.1) is 0 Å². The molecule has 2 heterocycles. The standard InChI is InChI=1S/C14H19BN2/c1-16-7-5-13(6-8-16)17-9-4-11-10-12(15)2-3-14(11)17/h2-3,10,13H,4-9H2,1H3. The summed E-state index contributed by atoms with van der Waals surface area (Å²) in [6, 6.07) is 7.11. The summed E-state index contributed by atoms with van der Waals surface area (Å²) in [6.45, 7) is 3.63. The molecular weight excluding hydrogens is 207 g/mol. The second-order valence-electron chi connectivity index (χ2n) is 5.37. The fourth-order valence-electron chi connectivity index (χ4n) is 3.13. The maximum atomic E-state index is 5.85. The van der Waals surface area contributed by atoms with Gasteiger partial charge in [0.25, 0.3) is 0 Å². The number of nitrogens with zero attached hydrogens (tertiary/aromatic N) is 2. The average molecular weight is 226 g/mol. The number of anilines is 1. The molecule has 0 aromatic heterocycles. The van der Waals surface area contributed by atoms with Gasteiger partial charge in [-0.2, -0.15) is 0 Å². The van der Waals surface area contributed by atoms with Crippen molar-refractivity contribution < 1.29 is 0 Å². The van der Waals surface area contributed by atoms with E-state index in [1.807, 2.05) is 6.07 Å². The van der Waals surface area contributed by atoms with Gasteiger partial charge in [0.15, 0.2) is 0 Å². The van der Waals surface area contributed by atoms with Gasteiger partial charge in [-0.15, -0.1) is 0 Å². The van der Waals surface area contributed by atoms with Crippen LogP contribution in [-0.2, 0) is 6.42 Å². The monoisotopic (exact) mass is 226 g/mol. The lowest BCUT2D eigenvalue weighted by molar-refractivity contribution is 0.251. The van der Waals surface area contributed by atoms with Gasteiger partial charge in [0.1, 0.15) is 7.85 Å². The Morgan fingerprint density at radius 1 is 1.18 bits per heavy atom. The molecule has 2 aliphatic heterocycles. The Bertz CT molecular complexity index is 411. The SMILES string of the molecule is [B]c1ccc2c(c1)CCN2C1CCN(C)CC1. The Hall–Kier alpha value is -0.955. The molecule has 88 valence electrons. The first-order valence-corrected chi connectivity index (χ1v) is 6.57. The number of hydrogen-bond donors (Lipinski definition) is 0. The van der Waals surface area contributed by atoms with Gasteiger partial charge in [-0.1, -0.05) is 17.6 Å². The van der Waals surface area contributed by atoms with Crippen molar-refractivity contribution in [3.63, 3.8) is 0 Å². The molecule has 0 N–H and O–H groups in total. The van der Waals surface area contributed by atoms with Crippen molar-refractivity contribution in [3.8, 4) is 0 Å². The number of benzene rings is 1. The largest absolute Gasteiger partial charge is 0.368 e. The highest BCUT2D eigenvalue weighted by Crippen LogP contribution is 2.31. The van der Waals surface area contributed by atoms with Gasteiger partial charge >= 0.3 is 0 Å².